The Morgan fingerprint density at radius 2 is 1.32 bits per heavy atom. The molecule has 0 spiro atoms. The highest BCUT2D eigenvalue weighted by molar-refractivity contribution is 6.02. The Kier molecular flexibility index (Phi) is 4.57. The summed E-state index contributed by atoms with van der Waals surface area (Å²) in [5.41, 5.74) is 2.12. The van der Waals surface area contributed by atoms with Crippen LogP contribution in [-0.4, -0.2) is 29.1 Å². The van der Waals surface area contributed by atoms with Crippen LogP contribution in [-0.2, 0) is 4.74 Å². The lowest BCUT2D eigenvalue weighted by Crippen LogP contribution is -2.11. The fraction of sp³-hybridized carbons (Fsp3) is 0.0500. The number of hydrogen-bond donors (Lipinski definition) is 1. The number of esters is 1. The summed E-state index contributed by atoms with van der Waals surface area (Å²) in [6.45, 7) is 0. The number of benzene rings is 2. The van der Waals surface area contributed by atoms with Crippen LogP contribution in [0.5, 0.6) is 0 Å². The number of aromatic nitrogens is 1. The number of carbonyl (C=O) groups is 2. The fourth-order valence-electron chi connectivity index (χ4n) is 2.57. The van der Waals surface area contributed by atoms with Gasteiger partial charge in [-0.3, -0.25) is 0 Å². The molecule has 0 fully saturated rings. The van der Waals surface area contributed by atoms with Crippen LogP contribution in [0, 0.1) is 0 Å². The Bertz CT molecular complexity index is 921. The van der Waals surface area contributed by atoms with Crippen molar-refractivity contribution in [3.05, 3.63) is 77.9 Å². The summed E-state index contributed by atoms with van der Waals surface area (Å²) in [5.74, 6) is -1.79. The molecular weight excluding hydrogens is 318 g/mol. The van der Waals surface area contributed by atoms with E-state index in [1.54, 1.807) is 24.3 Å². The highest BCUT2D eigenvalue weighted by Crippen LogP contribution is 2.30. The minimum Gasteiger partial charge on any atom is -0.478 e. The van der Waals surface area contributed by atoms with Gasteiger partial charge in [0.15, 0.2) is 0 Å². The smallest absolute Gasteiger partial charge is 0.340 e. The van der Waals surface area contributed by atoms with Crippen LogP contribution in [0.2, 0.25) is 0 Å². The maximum Gasteiger partial charge on any atom is 0.340 e. The molecule has 0 aliphatic heterocycles. The van der Waals surface area contributed by atoms with Gasteiger partial charge >= 0.3 is 11.9 Å². The molecule has 0 aliphatic rings. The molecule has 3 rings (SSSR count). The third-order valence-electron chi connectivity index (χ3n) is 3.75. The summed E-state index contributed by atoms with van der Waals surface area (Å²) in [7, 11) is 1.25. The van der Waals surface area contributed by atoms with Crippen molar-refractivity contribution in [1.82, 2.24) is 4.98 Å². The van der Waals surface area contributed by atoms with Gasteiger partial charge in [-0.2, -0.15) is 0 Å². The van der Waals surface area contributed by atoms with Gasteiger partial charge in [-0.25, -0.2) is 14.6 Å². The SMILES string of the molecule is COC(=O)c1cc(C(=O)O)c(-c2ccccc2)nc1-c1ccccc1. The Labute approximate surface area is 144 Å². The molecule has 0 unspecified atom stereocenters. The average Bonchev–Trinajstić information content (AvgIpc) is 2.67. The molecule has 0 amide bonds. The predicted molar refractivity (Wildman–Crippen MR) is 93.4 cm³/mol. The maximum atomic E-state index is 12.2. The van der Waals surface area contributed by atoms with E-state index < -0.39 is 11.9 Å². The van der Waals surface area contributed by atoms with Crippen molar-refractivity contribution in [3.63, 3.8) is 0 Å². The average molecular weight is 333 g/mol. The number of aromatic carboxylic acids is 1. The Morgan fingerprint density at radius 1 is 0.840 bits per heavy atom. The van der Waals surface area contributed by atoms with Crippen LogP contribution in [0.15, 0.2) is 66.7 Å². The molecule has 5 heteroatoms. The van der Waals surface area contributed by atoms with Crippen molar-refractivity contribution < 1.29 is 19.4 Å². The van der Waals surface area contributed by atoms with Gasteiger partial charge in [-0.05, 0) is 6.07 Å². The van der Waals surface area contributed by atoms with Crippen LogP contribution in [0.25, 0.3) is 22.5 Å². The summed E-state index contributed by atoms with van der Waals surface area (Å²) in [6, 6.07) is 19.5. The lowest BCUT2D eigenvalue weighted by Gasteiger charge is -2.13. The van der Waals surface area contributed by atoms with E-state index in [4.69, 9.17) is 4.74 Å². The zero-order valence-electron chi connectivity index (χ0n) is 13.5. The predicted octanol–water partition coefficient (Wildman–Crippen LogP) is 3.90. The van der Waals surface area contributed by atoms with Crippen molar-refractivity contribution >= 4 is 11.9 Å². The second-order valence-corrected chi connectivity index (χ2v) is 5.31. The number of hydrogen-bond acceptors (Lipinski definition) is 4. The van der Waals surface area contributed by atoms with E-state index in [2.05, 4.69) is 4.98 Å². The number of methoxy groups -OCH3 is 1. The highest BCUT2D eigenvalue weighted by Gasteiger charge is 2.22. The molecule has 0 aliphatic carbocycles. The lowest BCUT2D eigenvalue weighted by atomic mass is 9.99. The molecule has 124 valence electrons. The van der Waals surface area contributed by atoms with Crippen LogP contribution in [0.3, 0.4) is 0 Å². The first-order valence-electron chi connectivity index (χ1n) is 7.59. The molecule has 1 aromatic heterocycles. The topological polar surface area (TPSA) is 76.5 Å². The first-order chi connectivity index (χ1) is 12.1. The van der Waals surface area contributed by atoms with Crippen LogP contribution >= 0.6 is 0 Å². The standard InChI is InChI=1S/C20H15NO4/c1-25-20(24)16-12-15(19(22)23)17(13-8-4-2-5-9-13)21-18(16)14-10-6-3-7-11-14/h2-12H,1H3,(H,22,23). The number of pyridine rings is 1. The molecule has 5 nitrogen and oxygen atoms in total. The van der Waals surface area contributed by atoms with Crippen molar-refractivity contribution in [2.45, 2.75) is 0 Å². The van der Waals surface area contributed by atoms with Crippen molar-refractivity contribution in [2.75, 3.05) is 7.11 Å². The molecular formula is C20H15NO4. The van der Waals surface area contributed by atoms with E-state index in [0.717, 1.165) is 0 Å². The largest absolute Gasteiger partial charge is 0.478 e. The molecule has 25 heavy (non-hydrogen) atoms. The van der Waals surface area contributed by atoms with Crippen molar-refractivity contribution in [2.24, 2.45) is 0 Å². The molecule has 2 aromatic carbocycles. The Balaban J connectivity index is 2.33. The van der Waals surface area contributed by atoms with E-state index in [1.807, 2.05) is 36.4 Å². The number of ether oxygens (including phenoxy) is 1. The van der Waals surface area contributed by atoms with Crippen LogP contribution in [0.4, 0.5) is 0 Å². The first-order valence-corrected chi connectivity index (χ1v) is 7.59. The molecule has 3 aromatic rings. The van der Waals surface area contributed by atoms with E-state index >= 15 is 0 Å². The zero-order chi connectivity index (χ0) is 17.8. The molecule has 0 saturated heterocycles. The number of nitrogens with zero attached hydrogens (tertiary/aromatic N) is 1. The summed E-state index contributed by atoms with van der Waals surface area (Å²) in [4.78, 5) is 28.4. The molecule has 0 radical (unpaired) electrons. The third kappa shape index (κ3) is 3.26. The second-order valence-electron chi connectivity index (χ2n) is 5.31. The summed E-state index contributed by atoms with van der Waals surface area (Å²) < 4.78 is 4.81. The molecule has 0 atom stereocenters. The fourth-order valence-corrected chi connectivity index (χ4v) is 2.57. The molecule has 1 heterocycles. The number of rotatable bonds is 4. The number of carbonyl (C=O) groups excluding carboxylic acids is 1. The Hall–Kier alpha value is -3.47. The summed E-state index contributed by atoms with van der Waals surface area (Å²) in [5, 5.41) is 9.58. The maximum absolute atomic E-state index is 12.2. The van der Waals surface area contributed by atoms with Gasteiger partial charge in [0, 0.05) is 11.1 Å². The van der Waals surface area contributed by atoms with E-state index in [9.17, 15) is 14.7 Å². The summed E-state index contributed by atoms with van der Waals surface area (Å²) >= 11 is 0. The van der Waals surface area contributed by atoms with Gasteiger partial charge in [0.25, 0.3) is 0 Å². The van der Waals surface area contributed by atoms with E-state index in [1.165, 1.54) is 13.2 Å². The third-order valence-corrected chi connectivity index (χ3v) is 3.75. The minimum atomic E-state index is -1.16. The van der Waals surface area contributed by atoms with E-state index in [-0.39, 0.29) is 11.1 Å². The first kappa shape index (κ1) is 16.4. The normalized spacial score (nSPS) is 10.3. The molecule has 0 bridgehead atoms. The van der Waals surface area contributed by atoms with Gasteiger partial charge in [-0.1, -0.05) is 60.7 Å². The number of carboxylic acids is 1. The van der Waals surface area contributed by atoms with Crippen molar-refractivity contribution in [1.29, 1.82) is 0 Å². The van der Waals surface area contributed by atoms with Crippen LogP contribution in [0.1, 0.15) is 20.7 Å². The van der Waals surface area contributed by atoms with E-state index in [0.29, 0.717) is 22.5 Å². The van der Waals surface area contributed by atoms with Gasteiger partial charge in [0.1, 0.15) is 0 Å². The highest BCUT2D eigenvalue weighted by atomic mass is 16.5. The van der Waals surface area contributed by atoms with Gasteiger partial charge in [0.05, 0.1) is 29.6 Å². The quantitative estimate of drug-likeness (QED) is 0.733. The summed E-state index contributed by atoms with van der Waals surface area (Å²) in [6.07, 6.45) is 0. The number of carboxylic acid groups (broad SMARTS) is 1. The minimum absolute atomic E-state index is 0.0497. The molecule has 1 N–H and O–H groups in total. The second kappa shape index (κ2) is 6.97. The van der Waals surface area contributed by atoms with Crippen LogP contribution < -0.4 is 0 Å². The molecule has 0 saturated carbocycles. The zero-order valence-corrected chi connectivity index (χ0v) is 13.5. The van der Waals surface area contributed by atoms with Gasteiger partial charge in [-0.15, -0.1) is 0 Å². The van der Waals surface area contributed by atoms with Gasteiger partial charge < -0.3 is 9.84 Å². The van der Waals surface area contributed by atoms with Crippen molar-refractivity contribution in [3.8, 4) is 22.5 Å². The lowest BCUT2D eigenvalue weighted by molar-refractivity contribution is 0.0601. The monoisotopic (exact) mass is 333 g/mol. The van der Waals surface area contributed by atoms with Gasteiger partial charge in [0.2, 0.25) is 0 Å². The Morgan fingerprint density at radius 3 is 1.76 bits per heavy atom.